The highest BCUT2D eigenvalue weighted by Gasteiger charge is 2.34. The van der Waals surface area contributed by atoms with Crippen LogP contribution in [0.15, 0.2) is 54.6 Å². The Kier molecular flexibility index (Phi) is 4.44. The number of hydrogen-bond donors (Lipinski definition) is 1. The van der Waals surface area contributed by atoms with E-state index >= 15 is 0 Å². The average Bonchev–Trinajstić information content (AvgIpc) is 3.13. The van der Waals surface area contributed by atoms with Crippen LogP contribution in [0.2, 0.25) is 0 Å². The van der Waals surface area contributed by atoms with Gasteiger partial charge in [-0.2, -0.15) is 0 Å². The maximum atomic E-state index is 12.4. The van der Waals surface area contributed by atoms with Crippen LogP contribution in [0.3, 0.4) is 0 Å². The average molecular weight is 361 g/mol. The molecule has 0 spiro atoms. The molecule has 2 heterocycles. The lowest BCUT2D eigenvalue weighted by Crippen LogP contribution is -2.34. The van der Waals surface area contributed by atoms with Gasteiger partial charge in [-0.05, 0) is 24.1 Å². The van der Waals surface area contributed by atoms with Crippen molar-refractivity contribution in [3.63, 3.8) is 0 Å². The first kappa shape index (κ1) is 17.3. The summed E-state index contributed by atoms with van der Waals surface area (Å²) in [5.74, 6) is -0.385. The molecule has 4 rings (SSSR count). The molecule has 1 fully saturated rings. The fourth-order valence-corrected chi connectivity index (χ4v) is 4.25. The van der Waals surface area contributed by atoms with Gasteiger partial charge in [-0.25, -0.2) is 0 Å². The van der Waals surface area contributed by atoms with Crippen LogP contribution >= 0.6 is 0 Å². The van der Waals surface area contributed by atoms with Gasteiger partial charge in [0.25, 0.3) is 0 Å². The highest BCUT2D eigenvalue weighted by Crippen LogP contribution is 2.37. The Morgan fingerprint density at radius 2 is 1.81 bits per heavy atom. The summed E-state index contributed by atoms with van der Waals surface area (Å²) in [6.45, 7) is 3.46. The molecule has 138 valence electrons. The van der Waals surface area contributed by atoms with E-state index in [-0.39, 0.29) is 18.4 Å². The number of rotatable bonds is 5. The van der Waals surface area contributed by atoms with Gasteiger partial charge in [0.05, 0.1) is 6.54 Å². The van der Waals surface area contributed by atoms with Gasteiger partial charge in [-0.3, -0.25) is 9.59 Å². The molecule has 3 aromatic rings. The normalized spacial score (nSPS) is 17.0. The number of primary amides is 1. The summed E-state index contributed by atoms with van der Waals surface area (Å²) >= 11 is 0. The number of carbonyl (C=O) groups excluding carboxylic acids is 2. The molecule has 0 saturated carbocycles. The summed E-state index contributed by atoms with van der Waals surface area (Å²) in [6.07, 6.45) is 0.424. The largest absolute Gasteiger partial charge is 0.368 e. The molecule has 1 aromatic heterocycles. The Hall–Kier alpha value is -3.08. The van der Waals surface area contributed by atoms with Gasteiger partial charge >= 0.3 is 0 Å². The third-order valence-corrected chi connectivity index (χ3v) is 5.43. The van der Waals surface area contributed by atoms with E-state index < -0.39 is 5.91 Å². The van der Waals surface area contributed by atoms with Gasteiger partial charge in [0.15, 0.2) is 0 Å². The van der Waals surface area contributed by atoms with Crippen molar-refractivity contribution in [3.05, 3.63) is 71.4 Å². The Labute approximate surface area is 158 Å². The van der Waals surface area contributed by atoms with Gasteiger partial charge in [-0.15, -0.1) is 0 Å². The molecule has 0 bridgehead atoms. The van der Waals surface area contributed by atoms with Crippen LogP contribution in [0, 0.1) is 6.92 Å². The van der Waals surface area contributed by atoms with E-state index in [9.17, 15) is 9.59 Å². The predicted molar refractivity (Wildman–Crippen MR) is 105 cm³/mol. The third-order valence-electron chi connectivity index (χ3n) is 5.43. The van der Waals surface area contributed by atoms with E-state index in [4.69, 9.17) is 5.73 Å². The second kappa shape index (κ2) is 6.91. The SMILES string of the molecule is Cc1c(C2CC(=O)N(CC(N)=O)C2)c2ccccc2n1Cc1ccccc1. The lowest BCUT2D eigenvalue weighted by Gasteiger charge is -2.15. The highest BCUT2D eigenvalue weighted by molar-refractivity contribution is 5.90. The molecule has 0 radical (unpaired) electrons. The van der Waals surface area contributed by atoms with Gasteiger partial charge in [0, 0.05) is 42.0 Å². The topological polar surface area (TPSA) is 68.3 Å². The van der Waals surface area contributed by atoms with E-state index in [0.717, 1.165) is 6.54 Å². The molecular weight excluding hydrogens is 338 g/mol. The second-order valence-electron chi connectivity index (χ2n) is 7.23. The molecule has 2 N–H and O–H groups in total. The third kappa shape index (κ3) is 3.21. The lowest BCUT2D eigenvalue weighted by molar-refractivity contribution is -0.132. The minimum Gasteiger partial charge on any atom is -0.368 e. The molecule has 1 atom stereocenters. The number of carbonyl (C=O) groups is 2. The zero-order valence-corrected chi connectivity index (χ0v) is 15.4. The monoisotopic (exact) mass is 361 g/mol. The molecule has 27 heavy (non-hydrogen) atoms. The number of para-hydroxylation sites is 1. The van der Waals surface area contributed by atoms with Gasteiger partial charge in [0.2, 0.25) is 11.8 Å². The van der Waals surface area contributed by atoms with Gasteiger partial charge < -0.3 is 15.2 Å². The van der Waals surface area contributed by atoms with Gasteiger partial charge in [-0.1, -0.05) is 48.5 Å². The van der Waals surface area contributed by atoms with E-state index in [1.54, 1.807) is 4.90 Å². The minimum atomic E-state index is -0.466. The molecule has 5 nitrogen and oxygen atoms in total. The summed E-state index contributed by atoms with van der Waals surface area (Å²) in [7, 11) is 0. The summed E-state index contributed by atoms with van der Waals surface area (Å²) < 4.78 is 2.32. The van der Waals surface area contributed by atoms with E-state index in [0.29, 0.717) is 13.0 Å². The number of likely N-dealkylation sites (tertiary alicyclic amines) is 1. The second-order valence-corrected chi connectivity index (χ2v) is 7.23. The first-order chi connectivity index (χ1) is 13.0. The zero-order valence-electron chi connectivity index (χ0n) is 15.4. The summed E-state index contributed by atoms with van der Waals surface area (Å²) in [5, 5.41) is 1.18. The maximum absolute atomic E-state index is 12.4. The van der Waals surface area contributed by atoms with Crippen LogP contribution in [0.25, 0.3) is 10.9 Å². The molecule has 1 unspecified atom stereocenters. The van der Waals surface area contributed by atoms with Crippen molar-refractivity contribution >= 4 is 22.7 Å². The van der Waals surface area contributed by atoms with Crippen LogP contribution in [0.1, 0.15) is 29.2 Å². The fourth-order valence-electron chi connectivity index (χ4n) is 4.25. The van der Waals surface area contributed by atoms with Crippen molar-refractivity contribution < 1.29 is 9.59 Å². The molecule has 2 aromatic carbocycles. The first-order valence-electron chi connectivity index (χ1n) is 9.22. The first-order valence-corrected chi connectivity index (χ1v) is 9.22. The lowest BCUT2D eigenvalue weighted by atomic mass is 9.95. The number of hydrogen-bond acceptors (Lipinski definition) is 2. The number of nitrogens with two attached hydrogens (primary N) is 1. The van der Waals surface area contributed by atoms with Crippen LogP contribution < -0.4 is 5.73 Å². The van der Waals surface area contributed by atoms with Crippen molar-refractivity contribution in [1.29, 1.82) is 0 Å². The number of benzene rings is 2. The molecule has 1 aliphatic rings. The fraction of sp³-hybridized carbons (Fsp3) is 0.273. The Bertz CT molecular complexity index is 1010. The van der Waals surface area contributed by atoms with Crippen molar-refractivity contribution in [1.82, 2.24) is 9.47 Å². The number of nitrogens with zero attached hydrogens (tertiary/aromatic N) is 2. The summed E-state index contributed by atoms with van der Waals surface area (Å²) in [5.41, 5.74) is 10.1. The van der Waals surface area contributed by atoms with Crippen molar-refractivity contribution in [2.45, 2.75) is 25.8 Å². The van der Waals surface area contributed by atoms with Crippen LogP contribution in [0.5, 0.6) is 0 Å². The van der Waals surface area contributed by atoms with Gasteiger partial charge in [0.1, 0.15) is 0 Å². The number of fused-ring (bicyclic) bond motifs is 1. The zero-order chi connectivity index (χ0) is 19.0. The van der Waals surface area contributed by atoms with Crippen molar-refractivity contribution in [2.24, 2.45) is 5.73 Å². The van der Waals surface area contributed by atoms with Crippen LogP contribution in [-0.2, 0) is 16.1 Å². The van der Waals surface area contributed by atoms with Crippen LogP contribution in [-0.4, -0.2) is 34.4 Å². The highest BCUT2D eigenvalue weighted by atomic mass is 16.2. The van der Waals surface area contributed by atoms with E-state index in [2.05, 4.69) is 47.9 Å². The summed E-state index contributed by atoms with van der Waals surface area (Å²) in [6, 6.07) is 18.7. The smallest absolute Gasteiger partial charge is 0.237 e. The Morgan fingerprint density at radius 1 is 1.11 bits per heavy atom. The molecular formula is C22H23N3O2. The minimum absolute atomic E-state index is 0.00177. The predicted octanol–water partition coefficient (Wildman–Crippen LogP) is 2.80. The molecule has 1 aliphatic heterocycles. The number of aromatic nitrogens is 1. The molecule has 2 amide bonds. The Balaban J connectivity index is 1.75. The molecule has 0 aliphatic carbocycles. The molecule has 5 heteroatoms. The van der Waals surface area contributed by atoms with Crippen molar-refractivity contribution in [3.8, 4) is 0 Å². The molecule has 1 saturated heterocycles. The van der Waals surface area contributed by atoms with Crippen molar-refractivity contribution in [2.75, 3.05) is 13.1 Å². The van der Waals surface area contributed by atoms with E-state index in [1.165, 1.54) is 27.7 Å². The van der Waals surface area contributed by atoms with Crippen LogP contribution in [0.4, 0.5) is 0 Å². The summed E-state index contributed by atoms with van der Waals surface area (Å²) in [4.78, 5) is 25.2. The number of amides is 2. The Morgan fingerprint density at radius 3 is 2.56 bits per heavy atom. The standard InChI is InChI=1S/C22H23N3O2/c1-15-22(17-11-21(27)24(13-17)14-20(23)26)18-9-5-6-10-19(18)25(15)12-16-7-3-2-4-8-16/h2-10,17H,11-14H2,1H3,(H2,23,26). The quantitative estimate of drug-likeness (QED) is 0.759. The van der Waals surface area contributed by atoms with E-state index in [1.807, 2.05) is 18.2 Å². The maximum Gasteiger partial charge on any atom is 0.237 e.